The van der Waals surface area contributed by atoms with Crippen molar-refractivity contribution in [1.29, 1.82) is 0 Å². The number of para-hydroxylation sites is 1. The Bertz CT molecular complexity index is 449. The largest absolute Gasteiger partial charge is 0.492 e. The molecule has 1 unspecified atom stereocenters. The molecule has 1 aromatic carbocycles. The molecular weight excluding hydrogens is 306 g/mol. The van der Waals surface area contributed by atoms with Crippen molar-refractivity contribution in [3.8, 4) is 5.75 Å². The van der Waals surface area contributed by atoms with Gasteiger partial charge in [0.25, 0.3) is 0 Å². The van der Waals surface area contributed by atoms with E-state index in [1.807, 2.05) is 24.3 Å². The fourth-order valence-electron chi connectivity index (χ4n) is 2.38. The number of halogens is 1. The van der Waals surface area contributed by atoms with Crippen LogP contribution in [-0.2, 0) is 4.79 Å². The highest BCUT2D eigenvalue weighted by Crippen LogP contribution is 2.34. The second-order valence-corrected chi connectivity index (χ2v) is 5.57. The monoisotopic (exact) mass is 325 g/mol. The number of fused-ring (bicyclic) bond motifs is 1. The molecule has 2 rings (SSSR count). The van der Waals surface area contributed by atoms with Gasteiger partial charge in [0.05, 0.1) is 0 Å². The zero-order chi connectivity index (χ0) is 13.9. The number of rotatable bonds is 5. The molecule has 1 N–H and O–H groups in total. The molecule has 19 heavy (non-hydrogen) atoms. The van der Waals surface area contributed by atoms with Gasteiger partial charge in [-0.15, -0.1) is 0 Å². The fraction of sp³-hybridized carbons (Fsp3) is 0.533. The Morgan fingerprint density at radius 3 is 2.74 bits per heavy atom. The van der Waals surface area contributed by atoms with Crippen molar-refractivity contribution in [2.24, 2.45) is 0 Å². The van der Waals surface area contributed by atoms with Gasteiger partial charge in [0.15, 0.2) is 0 Å². The average Bonchev–Trinajstić information content (AvgIpc) is 2.89. The third-order valence-corrected chi connectivity index (χ3v) is 5.09. The van der Waals surface area contributed by atoms with Crippen LogP contribution in [0.25, 0.3) is 0 Å². The molecule has 0 saturated carbocycles. The Morgan fingerprint density at radius 1 is 1.42 bits per heavy atom. The van der Waals surface area contributed by atoms with Gasteiger partial charge < -0.3 is 10.1 Å². The van der Waals surface area contributed by atoms with E-state index >= 15 is 0 Å². The van der Waals surface area contributed by atoms with Gasteiger partial charge in [-0.25, -0.2) is 0 Å². The van der Waals surface area contributed by atoms with E-state index in [-0.39, 0.29) is 17.4 Å². The maximum Gasteiger partial charge on any atom is 0.231 e. The number of hydrogen-bond acceptors (Lipinski definition) is 2. The maximum atomic E-state index is 12.5. The fourth-order valence-corrected chi connectivity index (χ4v) is 3.31. The summed E-state index contributed by atoms with van der Waals surface area (Å²) in [5.74, 6) is 0.709. The first-order chi connectivity index (χ1) is 9.15. The molecule has 1 aliphatic rings. The topological polar surface area (TPSA) is 38.3 Å². The third kappa shape index (κ3) is 2.78. The predicted octanol–water partition coefficient (Wildman–Crippen LogP) is 3.23. The summed E-state index contributed by atoms with van der Waals surface area (Å²) in [6.45, 7) is 4.64. The normalized spacial score (nSPS) is 17.7. The van der Waals surface area contributed by atoms with Crippen LogP contribution in [0.5, 0.6) is 5.75 Å². The lowest BCUT2D eigenvalue weighted by molar-refractivity contribution is -0.124. The van der Waals surface area contributed by atoms with Crippen molar-refractivity contribution in [3.63, 3.8) is 0 Å². The minimum atomic E-state index is -0.187. The van der Waals surface area contributed by atoms with Gasteiger partial charge in [-0.3, -0.25) is 4.79 Å². The molecule has 104 valence electrons. The molecule has 1 amide bonds. The Balaban J connectivity index is 2.14. The Kier molecular flexibility index (Phi) is 4.50. The van der Waals surface area contributed by atoms with Crippen LogP contribution in [0.4, 0.5) is 0 Å². The number of ether oxygens (including phenoxy) is 1. The van der Waals surface area contributed by atoms with E-state index in [0.717, 1.165) is 29.5 Å². The molecule has 1 aliphatic heterocycles. The molecule has 3 nitrogen and oxygen atoms in total. The summed E-state index contributed by atoms with van der Waals surface area (Å²) in [4.78, 5) is 12.5. The van der Waals surface area contributed by atoms with Crippen LogP contribution in [0.15, 0.2) is 24.3 Å². The van der Waals surface area contributed by atoms with Crippen LogP contribution >= 0.6 is 15.9 Å². The molecule has 0 aliphatic carbocycles. The number of alkyl halides is 1. The zero-order valence-corrected chi connectivity index (χ0v) is 13.0. The summed E-state index contributed by atoms with van der Waals surface area (Å²) in [7, 11) is 0. The van der Waals surface area contributed by atoms with E-state index < -0.39 is 0 Å². The number of nitrogens with one attached hydrogen (secondary N) is 1. The second-order valence-electron chi connectivity index (χ2n) is 5.01. The van der Waals surface area contributed by atoms with Crippen molar-refractivity contribution < 1.29 is 9.53 Å². The average molecular weight is 326 g/mol. The highest BCUT2D eigenvalue weighted by Gasteiger charge is 2.34. The highest BCUT2D eigenvalue weighted by atomic mass is 79.9. The number of benzene rings is 1. The van der Waals surface area contributed by atoms with Gasteiger partial charge in [-0.05, 0) is 18.9 Å². The van der Waals surface area contributed by atoms with Crippen LogP contribution in [-0.4, -0.2) is 23.4 Å². The Labute approximate surface area is 122 Å². The van der Waals surface area contributed by atoms with Gasteiger partial charge in [-0.2, -0.15) is 0 Å². The quantitative estimate of drug-likeness (QED) is 0.844. The van der Waals surface area contributed by atoms with Crippen LogP contribution < -0.4 is 10.1 Å². The second kappa shape index (κ2) is 5.95. The molecule has 4 heteroatoms. The predicted molar refractivity (Wildman–Crippen MR) is 79.9 cm³/mol. The summed E-state index contributed by atoms with van der Waals surface area (Å²) in [6, 6.07) is 7.77. The van der Waals surface area contributed by atoms with Crippen LogP contribution in [0, 0.1) is 0 Å². The molecule has 0 fully saturated rings. The van der Waals surface area contributed by atoms with Gasteiger partial charge in [0, 0.05) is 16.4 Å². The van der Waals surface area contributed by atoms with Crippen LogP contribution in [0.1, 0.15) is 38.2 Å². The number of carbonyl (C=O) groups excluding carboxylic acids is 1. The van der Waals surface area contributed by atoms with E-state index in [4.69, 9.17) is 4.74 Å². The molecule has 1 heterocycles. The summed E-state index contributed by atoms with van der Waals surface area (Å²) in [6.07, 6.45) is 1.82. The summed E-state index contributed by atoms with van der Waals surface area (Å²) in [5, 5.41) is 3.97. The van der Waals surface area contributed by atoms with Gasteiger partial charge in [0.2, 0.25) is 5.91 Å². The lowest BCUT2D eigenvalue weighted by Gasteiger charge is -2.32. The standard InChI is InChI=1S/C15H20BrNO2/c1-3-15(4-2,10-16)17-14(18)12-9-19-13-8-6-5-7-11(12)13/h5-8,12H,3-4,9-10H2,1-2H3,(H,17,18). The number of amides is 1. The van der Waals surface area contributed by atoms with Crippen molar-refractivity contribution in [2.45, 2.75) is 38.1 Å². The lowest BCUT2D eigenvalue weighted by atomic mass is 9.93. The molecule has 0 radical (unpaired) electrons. The molecule has 0 spiro atoms. The zero-order valence-electron chi connectivity index (χ0n) is 11.4. The first kappa shape index (κ1) is 14.4. The highest BCUT2D eigenvalue weighted by molar-refractivity contribution is 9.09. The van der Waals surface area contributed by atoms with E-state index in [2.05, 4.69) is 35.1 Å². The summed E-state index contributed by atoms with van der Waals surface area (Å²) >= 11 is 3.52. The Morgan fingerprint density at radius 2 is 2.11 bits per heavy atom. The molecular formula is C15H20BrNO2. The molecule has 0 bridgehead atoms. The smallest absolute Gasteiger partial charge is 0.231 e. The summed E-state index contributed by atoms with van der Waals surface area (Å²) < 4.78 is 5.58. The van der Waals surface area contributed by atoms with Gasteiger partial charge >= 0.3 is 0 Å². The first-order valence-corrected chi connectivity index (χ1v) is 7.87. The van der Waals surface area contributed by atoms with Crippen molar-refractivity contribution in [2.75, 3.05) is 11.9 Å². The van der Waals surface area contributed by atoms with Gasteiger partial charge in [0.1, 0.15) is 18.3 Å². The van der Waals surface area contributed by atoms with Crippen molar-refractivity contribution in [3.05, 3.63) is 29.8 Å². The minimum absolute atomic E-state index is 0.0631. The van der Waals surface area contributed by atoms with E-state index in [1.165, 1.54) is 0 Å². The Hall–Kier alpha value is -1.03. The molecule has 0 aromatic heterocycles. The molecule has 1 atom stereocenters. The molecule has 1 aromatic rings. The molecule has 0 saturated heterocycles. The van der Waals surface area contributed by atoms with Crippen LogP contribution in [0.2, 0.25) is 0 Å². The minimum Gasteiger partial charge on any atom is -0.492 e. The first-order valence-electron chi connectivity index (χ1n) is 6.75. The summed E-state index contributed by atoms with van der Waals surface area (Å²) in [5.41, 5.74) is 0.838. The SMILES string of the molecule is CCC(CC)(CBr)NC(=O)C1COc2ccccc21. The van der Waals surface area contributed by atoms with E-state index in [0.29, 0.717) is 6.61 Å². The van der Waals surface area contributed by atoms with Crippen molar-refractivity contribution >= 4 is 21.8 Å². The van der Waals surface area contributed by atoms with Crippen LogP contribution in [0.3, 0.4) is 0 Å². The maximum absolute atomic E-state index is 12.5. The lowest BCUT2D eigenvalue weighted by Crippen LogP contribution is -2.50. The third-order valence-electron chi connectivity index (χ3n) is 4.01. The number of carbonyl (C=O) groups is 1. The van der Waals surface area contributed by atoms with Gasteiger partial charge in [-0.1, -0.05) is 48.0 Å². The van der Waals surface area contributed by atoms with E-state index in [9.17, 15) is 4.79 Å². The number of hydrogen-bond donors (Lipinski definition) is 1. The van der Waals surface area contributed by atoms with E-state index in [1.54, 1.807) is 0 Å². The van der Waals surface area contributed by atoms with Crippen molar-refractivity contribution in [1.82, 2.24) is 5.32 Å².